The molecule has 0 unspecified atom stereocenters. The maximum Gasteiger partial charge on any atom is 0.137 e. The monoisotopic (exact) mass is 241 g/mol. The van der Waals surface area contributed by atoms with Crippen LogP contribution in [-0.4, -0.2) is 11.0 Å². The Morgan fingerprint density at radius 2 is 2.38 bits per heavy atom. The molecule has 1 saturated carbocycles. The largest absolute Gasteiger partial charge is 0.383 e. The molecule has 13 heavy (non-hydrogen) atoms. The highest BCUT2D eigenvalue weighted by atomic mass is 79.9. The number of hydrogen-bond donors (Lipinski definition) is 2. The normalized spacial score (nSPS) is 16.1. The van der Waals surface area contributed by atoms with E-state index in [-0.39, 0.29) is 0 Å². The molecule has 1 heterocycles. The number of halogens is 1. The van der Waals surface area contributed by atoms with Gasteiger partial charge in [0.1, 0.15) is 5.82 Å². The molecule has 3 N–H and O–H groups in total. The van der Waals surface area contributed by atoms with Gasteiger partial charge in [-0.15, -0.1) is 0 Å². The molecule has 0 spiro atoms. The number of nitrogens with zero attached hydrogens (tertiary/aromatic N) is 1. The predicted molar refractivity (Wildman–Crippen MR) is 56.2 cm³/mol. The first kappa shape index (κ1) is 8.97. The van der Waals surface area contributed by atoms with Crippen LogP contribution in [0.2, 0.25) is 0 Å². The van der Waals surface area contributed by atoms with E-state index in [1.807, 2.05) is 12.3 Å². The van der Waals surface area contributed by atoms with Gasteiger partial charge in [0.05, 0.1) is 4.47 Å². The van der Waals surface area contributed by atoms with Gasteiger partial charge in [0.25, 0.3) is 0 Å². The number of nitrogens with two attached hydrogens (primary N) is 1. The lowest BCUT2D eigenvalue weighted by molar-refractivity contribution is 0.686. The van der Waals surface area contributed by atoms with Crippen molar-refractivity contribution < 1.29 is 0 Å². The van der Waals surface area contributed by atoms with Gasteiger partial charge in [-0.25, -0.2) is 4.98 Å². The molecule has 0 radical (unpaired) electrons. The first-order chi connectivity index (χ1) is 6.25. The number of hydrogen-bond acceptors (Lipinski definition) is 3. The van der Waals surface area contributed by atoms with Crippen molar-refractivity contribution in [2.45, 2.75) is 25.4 Å². The highest BCUT2D eigenvalue weighted by Gasteiger charge is 2.19. The van der Waals surface area contributed by atoms with Gasteiger partial charge in [0.2, 0.25) is 0 Å². The first-order valence-corrected chi connectivity index (χ1v) is 5.18. The van der Waals surface area contributed by atoms with Crippen molar-refractivity contribution in [3.8, 4) is 0 Å². The zero-order chi connectivity index (χ0) is 9.26. The van der Waals surface area contributed by atoms with Crippen molar-refractivity contribution in [3.63, 3.8) is 0 Å². The van der Waals surface area contributed by atoms with Crippen LogP contribution in [0.3, 0.4) is 0 Å². The van der Waals surface area contributed by atoms with Crippen LogP contribution in [0.4, 0.5) is 5.82 Å². The van der Waals surface area contributed by atoms with Crippen molar-refractivity contribution in [2.75, 3.05) is 5.73 Å². The molecule has 1 fully saturated rings. The molecule has 0 aromatic carbocycles. The quantitative estimate of drug-likeness (QED) is 0.847. The lowest BCUT2D eigenvalue weighted by Gasteiger charge is -2.04. The summed E-state index contributed by atoms with van der Waals surface area (Å²) >= 11 is 3.35. The van der Waals surface area contributed by atoms with E-state index in [0.717, 1.165) is 17.1 Å². The molecule has 1 aliphatic carbocycles. The maximum atomic E-state index is 5.58. The zero-order valence-electron chi connectivity index (χ0n) is 7.26. The van der Waals surface area contributed by atoms with E-state index < -0.39 is 0 Å². The van der Waals surface area contributed by atoms with Crippen molar-refractivity contribution >= 4 is 21.7 Å². The molecule has 70 valence electrons. The van der Waals surface area contributed by atoms with E-state index in [9.17, 15) is 0 Å². The molecule has 1 aromatic rings. The summed E-state index contributed by atoms with van der Waals surface area (Å²) < 4.78 is 0.877. The van der Waals surface area contributed by atoms with Gasteiger partial charge in [-0.1, -0.05) is 0 Å². The van der Waals surface area contributed by atoms with Crippen molar-refractivity contribution in [1.29, 1.82) is 0 Å². The summed E-state index contributed by atoms with van der Waals surface area (Å²) in [5.41, 5.74) is 6.75. The van der Waals surface area contributed by atoms with Crippen LogP contribution >= 0.6 is 15.9 Å². The third-order valence-electron chi connectivity index (χ3n) is 2.10. The lowest BCUT2D eigenvalue weighted by Crippen LogP contribution is -2.15. The minimum atomic E-state index is 0.551. The van der Waals surface area contributed by atoms with Gasteiger partial charge in [0, 0.05) is 18.8 Å². The minimum absolute atomic E-state index is 0.551. The molecule has 1 aliphatic rings. The fourth-order valence-electron chi connectivity index (χ4n) is 1.13. The van der Waals surface area contributed by atoms with Gasteiger partial charge in [-0.2, -0.15) is 0 Å². The molecule has 0 bridgehead atoms. The Balaban J connectivity index is 1.98. The summed E-state index contributed by atoms with van der Waals surface area (Å²) in [5, 5.41) is 3.42. The van der Waals surface area contributed by atoms with Crippen molar-refractivity contribution in [3.05, 3.63) is 22.3 Å². The number of pyridine rings is 1. The molecular weight excluding hydrogens is 230 g/mol. The second kappa shape index (κ2) is 3.64. The molecule has 0 saturated heterocycles. The minimum Gasteiger partial charge on any atom is -0.383 e. The summed E-state index contributed by atoms with van der Waals surface area (Å²) in [5.74, 6) is 0.551. The molecule has 3 nitrogen and oxygen atoms in total. The first-order valence-electron chi connectivity index (χ1n) is 4.39. The van der Waals surface area contributed by atoms with E-state index >= 15 is 0 Å². The van der Waals surface area contributed by atoms with E-state index in [0.29, 0.717) is 5.82 Å². The second-order valence-corrected chi connectivity index (χ2v) is 4.22. The van der Waals surface area contributed by atoms with E-state index in [4.69, 9.17) is 5.73 Å². The summed E-state index contributed by atoms with van der Waals surface area (Å²) in [6.45, 7) is 0.885. The van der Waals surface area contributed by atoms with Crippen LogP contribution < -0.4 is 11.1 Å². The average molecular weight is 242 g/mol. The maximum absolute atomic E-state index is 5.58. The SMILES string of the molecule is Nc1ncc(CNC2CC2)cc1Br. The van der Waals surface area contributed by atoms with E-state index in [2.05, 4.69) is 26.2 Å². The van der Waals surface area contributed by atoms with Crippen LogP contribution in [0.1, 0.15) is 18.4 Å². The van der Waals surface area contributed by atoms with Crippen LogP contribution in [0.5, 0.6) is 0 Å². The Morgan fingerprint density at radius 1 is 1.62 bits per heavy atom. The standard InChI is InChI=1S/C9H12BrN3/c10-8-3-6(5-13-9(8)11)4-12-7-1-2-7/h3,5,7,12H,1-2,4H2,(H2,11,13). The van der Waals surface area contributed by atoms with Crippen LogP contribution in [0.15, 0.2) is 16.7 Å². The van der Waals surface area contributed by atoms with E-state index in [1.54, 1.807) is 0 Å². The number of nitrogens with one attached hydrogen (secondary N) is 1. The molecule has 2 rings (SSSR count). The average Bonchev–Trinajstić information content (AvgIpc) is 2.91. The third-order valence-corrected chi connectivity index (χ3v) is 2.73. The Hall–Kier alpha value is -0.610. The summed E-state index contributed by atoms with van der Waals surface area (Å²) in [6.07, 6.45) is 4.43. The van der Waals surface area contributed by atoms with Gasteiger partial charge in [-0.05, 0) is 40.4 Å². The molecule has 0 amide bonds. The number of nitrogen functional groups attached to an aromatic ring is 1. The van der Waals surface area contributed by atoms with E-state index in [1.165, 1.54) is 18.4 Å². The second-order valence-electron chi connectivity index (χ2n) is 3.37. The van der Waals surface area contributed by atoms with Crippen LogP contribution in [-0.2, 0) is 6.54 Å². The van der Waals surface area contributed by atoms with Gasteiger partial charge >= 0.3 is 0 Å². The topological polar surface area (TPSA) is 50.9 Å². The Kier molecular flexibility index (Phi) is 2.51. The summed E-state index contributed by atoms with van der Waals surface area (Å²) in [6, 6.07) is 2.74. The zero-order valence-corrected chi connectivity index (χ0v) is 8.84. The number of anilines is 1. The Labute approximate surface area is 85.9 Å². The molecule has 0 atom stereocenters. The molecule has 0 aliphatic heterocycles. The fourth-order valence-corrected chi connectivity index (χ4v) is 1.53. The van der Waals surface area contributed by atoms with Gasteiger partial charge in [0.15, 0.2) is 0 Å². The van der Waals surface area contributed by atoms with Crippen LogP contribution in [0.25, 0.3) is 0 Å². The van der Waals surface area contributed by atoms with Crippen molar-refractivity contribution in [2.24, 2.45) is 0 Å². The molecule has 4 heteroatoms. The Bertz CT molecular complexity index is 310. The van der Waals surface area contributed by atoms with Crippen molar-refractivity contribution in [1.82, 2.24) is 10.3 Å². The number of rotatable bonds is 3. The highest BCUT2D eigenvalue weighted by Crippen LogP contribution is 2.21. The highest BCUT2D eigenvalue weighted by molar-refractivity contribution is 9.10. The number of aromatic nitrogens is 1. The predicted octanol–water partition coefficient (Wildman–Crippen LogP) is 1.68. The van der Waals surface area contributed by atoms with Gasteiger partial charge in [-0.3, -0.25) is 0 Å². The van der Waals surface area contributed by atoms with Gasteiger partial charge < -0.3 is 11.1 Å². The third kappa shape index (κ3) is 2.42. The Morgan fingerprint density at radius 3 is 3.00 bits per heavy atom. The summed E-state index contributed by atoms with van der Waals surface area (Å²) in [7, 11) is 0. The smallest absolute Gasteiger partial charge is 0.137 e. The fraction of sp³-hybridized carbons (Fsp3) is 0.444. The summed E-state index contributed by atoms with van der Waals surface area (Å²) in [4.78, 5) is 4.07. The molecular formula is C9H12BrN3. The molecule has 1 aromatic heterocycles. The lowest BCUT2D eigenvalue weighted by atomic mass is 10.3. The van der Waals surface area contributed by atoms with Crippen LogP contribution in [0, 0.1) is 0 Å².